The van der Waals surface area contributed by atoms with E-state index in [1.165, 1.54) is 31.2 Å². The third-order valence-corrected chi connectivity index (χ3v) is 3.91. The lowest BCUT2D eigenvalue weighted by Crippen LogP contribution is -2.06. The molecule has 1 aliphatic rings. The highest BCUT2D eigenvalue weighted by Crippen LogP contribution is 2.33. The van der Waals surface area contributed by atoms with Gasteiger partial charge in [0, 0.05) is 6.61 Å². The molecule has 2 unspecified atom stereocenters. The summed E-state index contributed by atoms with van der Waals surface area (Å²) in [4.78, 5) is 0. The largest absolute Gasteiger partial charge is 0.376 e. The highest BCUT2D eigenvalue weighted by molar-refractivity contribution is 7.80. The zero-order valence-electron chi connectivity index (χ0n) is 10.3. The predicted octanol–water partition coefficient (Wildman–Crippen LogP) is 3.94. The molecular formula is C15H22OS. The summed E-state index contributed by atoms with van der Waals surface area (Å²) in [6.07, 6.45) is 5.33. The first-order valence-electron chi connectivity index (χ1n) is 6.61. The summed E-state index contributed by atoms with van der Waals surface area (Å²) in [6.45, 7) is 1.69. The number of thiol groups is 1. The maximum Gasteiger partial charge on any atom is 0.0717 e. The van der Waals surface area contributed by atoms with E-state index in [9.17, 15) is 0 Å². The van der Waals surface area contributed by atoms with Crippen LogP contribution >= 0.6 is 12.6 Å². The second kappa shape index (κ2) is 7.07. The molecule has 2 atom stereocenters. The molecule has 0 aliphatic heterocycles. The molecular weight excluding hydrogens is 228 g/mol. The molecule has 0 amide bonds. The van der Waals surface area contributed by atoms with E-state index in [0.29, 0.717) is 0 Å². The van der Waals surface area contributed by atoms with E-state index in [2.05, 4.69) is 36.9 Å². The average Bonchev–Trinajstić information content (AvgIpc) is 2.79. The summed E-state index contributed by atoms with van der Waals surface area (Å²) in [6, 6.07) is 10.4. The van der Waals surface area contributed by atoms with Crippen LogP contribution in [-0.2, 0) is 11.3 Å². The average molecular weight is 250 g/mol. The number of ether oxygens (including phenoxy) is 1. The van der Waals surface area contributed by atoms with Crippen LogP contribution in [0.3, 0.4) is 0 Å². The normalized spacial score (nSPS) is 24.1. The van der Waals surface area contributed by atoms with Crippen molar-refractivity contribution in [2.45, 2.75) is 32.3 Å². The van der Waals surface area contributed by atoms with Gasteiger partial charge in [-0.2, -0.15) is 12.6 Å². The molecule has 2 rings (SSSR count). The van der Waals surface area contributed by atoms with Gasteiger partial charge in [0.15, 0.2) is 0 Å². The minimum absolute atomic E-state index is 0.759. The molecule has 1 saturated carbocycles. The van der Waals surface area contributed by atoms with E-state index in [4.69, 9.17) is 4.74 Å². The molecule has 0 N–H and O–H groups in total. The Hall–Kier alpha value is -0.470. The topological polar surface area (TPSA) is 9.23 Å². The van der Waals surface area contributed by atoms with Crippen molar-refractivity contribution in [3.8, 4) is 0 Å². The lowest BCUT2D eigenvalue weighted by molar-refractivity contribution is 0.0875. The van der Waals surface area contributed by atoms with Crippen LogP contribution in [0.25, 0.3) is 0 Å². The molecule has 0 bridgehead atoms. The molecule has 1 fully saturated rings. The highest BCUT2D eigenvalue weighted by Gasteiger charge is 2.23. The minimum atomic E-state index is 0.759. The molecule has 1 aromatic rings. The van der Waals surface area contributed by atoms with Crippen molar-refractivity contribution < 1.29 is 4.74 Å². The summed E-state index contributed by atoms with van der Waals surface area (Å²) >= 11 is 4.31. The van der Waals surface area contributed by atoms with Crippen LogP contribution in [0.4, 0.5) is 0 Å². The van der Waals surface area contributed by atoms with Crippen LogP contribution in [0.2, 0.25) is 0 Å². The van der Waals surface area contributed by atoms with Gasteiger partial charge in [0.25, 0.3) is 0 Å². The van der Waals surface area contributed by atoms with Gasteiger partial charge in [-0.1, -0.05) is 36.8 Å². The van der Waals surface area contributed by atoms with Gasteiger partial charge < -0.3 is 4.74 Å². The number of hydrogen-bond donors (Lipinski definition) is 1. The second-order valence-electron chi connectivity index (χ2n) is 5.06. The molecule has 0 heterocycles. The molecule has 1 nitrogen and oxygen atoms in total. The molecule has 0 spiro atoms. The second-order valence-corrected chi connectivity index (χ2v) is 5.51. The molecule has 0 saturated heterocycles. The molecule has 2 heteroatoms. The molecule has 94 valence electrons. The number of benzene rings is 1. The SMILES string of the molecule is SCCC1CCC(COCc2ccccc2)C1. The fourth-order valence-electron chi connectivity index (χ4n) is 2.69. The molecule has 1 aliphatic carbocycles. The third-order valence-electron chi connectivity index (χ3n) is 3.65. The first-order chi connectivity index (χ1) is 8.38. The fourth-order valence-corrected chi connectivity index (χ4v) is 3.06. The summed E-state index contributed by atoms with van der Waals surface area (Å²) < 4.78 is 5.81. The van der Waals surface area contributed by atoms with Gasteiger partial charge in [0.05, 0.1) is 6.61 Å². The van der Waals surface area contributed by atoms with Crippen molar-refractivity contribution in [1.29, 1.82) is 0 Å². The van der Waals surface area contributed by atoms with Crippen LogP contribution in [-0.4, -0.2) is 12.4 Å². The fraction of sp³-hybridized carbons (Fsp3) is 0.600. The van der Waals surface area contributed by atoms with Crippen molar-refractivity contribution in [3.63, 3.8) is 0 Å². The number of hydrogen-bond acceptors (Lipinski definition) is 2. The van der Waals surface area contributed by atoms with Gasteiger partial charge in [0.2, 0.25) is 0 Å². The maximum atomic E-state index is 5.81. The van der Waals surface area contributed by atoms with Crippen molar-refractivity contribution in [1.82, 2.24) is 0 Å². The van der Waals surface area contributed by atoms with Crippen molar-refractivity contribution >= 4 is 12.6 Å². The molecule has 0 aromatic heterocycles. The van der Waals surface area contributed by atoms with Crippen LogP contribution in [0.15, 0.2) is 30.3 Å². The lowest BCUT2D eigenvalue weighted by atomic mass is 10.0. The Kier molecular flexibility index (Phi) is 5.40. The van der Waals surface area contributed by atoms with Crippen LogP contribution in [0.5, 0.6) is 0 Å². The minimum Gasteiger partial charge on any atom is -0.376 e. The van der Waals surface area contributed by atoms with Crippen LogP contribution in [0, 0.1) is 11.8 Å². The standard InChI is InChI=1S/C15H22OS/c17-9-8-13-6-7-15(10-13)12-16-11-14-4-2-1-3-5-14/h1-5,13,15,17H,6-12H2. The van der Waals surface area contributed by atoms with Crippen molar-refractivity contribution in [2.75, 3.05) is 12.4 Å². The first-order valence-corrected chi connectivity index (χ1v) is 7.24. The highest BCUT2D eigenvalue weighted by atomic mass is 32.1. The lowest BCUT2D eigenvalue weighted by Gasteiger charge is -2.11. The number of rotatable bonds is 6. The first kappa shape index (κ1) is 13.0. The van der Waals surface area contributed by atoms with E-state index >= 15 is 0 Å². The van der Waals surface area contributed by atoms with Crippen LogP contribution in [0.1, 0.15) is 31.2 Å². The Morgan fingerprint density at radius 3 is 2.65 bits per heavy atom. The van der Waals surface area contributed by atoms with Gasteiger partial charge in [-0.15, -0.1) is 0 Å². The predicted molar refractivity (Wildman–Crippen MR) is 75.4 cm³/mol. The third kappa shape index (κ3) is 4.36. The zero-order valence-corrected chi connectivity index (χ0v) is 11.2. The monoisotopic (exact) mass is 250 g/mol. The van der Waals surface area contributed by atoms with E-state index in [1.54, 1.807) is 0 Å². The van der Waals surface area contributed by atoms with E-state index in [0.717, 1.165) is 30.8 Å². The summed E-state index contributed by atoms with van der Waals surface area (Å²) in [7, 11) is 0. The Balaban J connectivity index is 1.63. The molecule has 17 heavy (non-hydrogen) atoms. The van der Waals surface area contributed by atoms with Crippen LogP contribution < -0.4 is 0 Å². The van der Waals surface area contributed by atoms with Crippen molar-refractivity contribution in [2.24, 2.45) is 11.8 Å². The quantitative estimate of drug-likeness (QED) is 0.752. The summed E-state index contributed by atoms with van der Waals surface area (Å²) in [5, 5.41) is 0. The van der Waals surface area contributed by atoms with Gasteiger partial charge in [-0.25, -0.2) is 0 Å². The maximum absolute atomic E-state index is 5.81. The molecule has 0 radical (unpaired) electrons. The van der Waals surface area contributed by atoms with E-state index in [1.807, 2.05) is 6.07 Å². The van der Waals surface area contributed by atoms with Gasteiger partial charge in [0.1, 0.15) is 0 Å². The molecule has 1 aromatic carbocycles. The van der Waals surface area contributed by atoms with E-state index in [-0.39, 0.29) is 0 Å². The smallest absolute Gasteiger partial charge is 0.0717 e. The Labute approximate surface area is 110 Å². The summed E-state index contributed by atoms with van der Waals surface area (Å²) in [5.41, 5.74) is 1.28. The Morgan fingerprint density at radius 1 is 1.12 bits per heavy atom. The van der Waals surface area contributed by atoms with E-state index < -0.39 is 0 Å². The zero-order chi connectivity index (χ0) is 11.9. The van der Waals surface area contributed by atoms with Gasteiger partial charge in [-0.05, 0) is 42.4 Å². The van der Waals surface area contributed by atoms with Gasteiger partial charge in [-0.3, -0.25) is 0 Å². The van der Waals surface area contributed by atoms with Crippen molar-refractivity contribution in [3.05, 3.63) is 35.9 Å². The summed E-state index contributed by atoms with van der Waals surface area (Å²) in [5.74, 6) is 2.71. The Bertz CT molecular complexity index is 312. The Morgan fingerprint density at radius 2 is 1.88 bits per heavy atom. The van der Waals surface area contributed by atoms with Gasteiger partial charge >= 0.3 is 0 Å².